The fourth-order valence-electron chi connectivity index (χ4n) is 2.51. The lowest BCUT2D eigenvalue weighted by atomic mass is 10.2. The van der Waals surface area contributed by atoms with E-state index in [-0.39, 0.29) is 5.91 Å². The summed E-state index contributed by atoms with van der Waals surface area (Å²) in [4.78, 5) is 12.8. The van der Waals surface area contributed by atoms with Crippen LogP contribution in [0.25, 0.3) is 10.1 Å². The molecule has 0 radical (unpaired) electrons. The van der Waals surface area contributed by atoms with Crippen molar-refractivity contribution in [3.63, 3.8) is 0 Å². The molecule has 0 saturated heterocycles. The molecule has 0 unspecified atom stereocenters. The second kappa shape index (κ2) is 5.31. The summed E-state index contributed by atoms with van der Waals surface area (Å²) in [5.41, 5.74) is 0. The molecule has 1 N–H and O–H groups in total. The van der Waals surface area contributed by atoms with E-state index in [1.807, 2.05) is 12.1 Å². The molecule has 0 spiro atoms. The maximum atomic E-state index is 12.3. The fourth-order valence-corrected chi connectivity index (χ4v) is 4.20. The Labute approximate surface area is 125 Å². The van der Waals surface area contributed by atoms with Crippen LogP contribution in [0.1, 0.15) is 35.4 Å². The zero-order chi connectivity index (χ0) is 13.4. The summed E-state index contributed by atoms with van der Waals surface area (Å²) >= 11 is 13.7. The third-order valence-corrected chi connectivity index (χ3v) is 5.38. The van der Waals surface area contributed by atoms with Crippen molar-refractivity contribution in [1.29, 1.82) is 0 Å². The maximum absolute atomic E-state index is 12.3. The Hall–Kier alpha value is -0.770. The van der Waals surface area contributed by atoms with Crippen LogP contribution in [-0.2, 0) is 0 Å². The Bertz CT molecular complexity index is 632. The maximum Gasteiger partial charge on any atom is 0.263 e. The SMILES string of the molecule is O=C(NC1CCCC1)c1sc2cc(Cl)ccc2c1Cl. The van der Waals surface area contributed by atoms with Crippen molar-refractivity contribution in [3.8, 4) is 0 Å². The number of nitrogens with one attached hydrogen (secondary N) is 1. The minimum absolute atomic E-state index is 0.0609. The molecule has 1 aromatic carbocycles. The molecule has 1 fully saturated rings. The van der Waals surface area contributed by atoms with Gasteiger partial charge >= 0.3 is 0 Å². The Morgan fingerprint density at radius 2 is 2.00 bits per heavy atom. The number of amides is 1. The zero-order valence-electron chi connectivity index (χ0n) is 10.2. The monoisotopic (exact) mass is 313 g/mol. The molecule has 1 aliphatic carbocycles. The smallest absolute Gasteiger partial charge is 0.263 e. The summed E-state index contributed by atoms with van der Waals surface area (Å²) in [6.07, 6.45) is 4.53. The van der Waals surface area contributed by atoms with Gasteiger partial charge < -0.3 is 5.32 Å². The predicted octanol–water partition coefficient (Wildman–Crippen LogP) is 4.88. The van der Waals surface area contributed by atoms with Gasteiger partial charge in [0.2, 0.25) is 0 Å². The molecular formula is C14H13Cl2NOS. The average molecular weight is 314 g/mol. The molecule has 1 aliphatic rings. The van der Waals surface area contributed by atoms with E-state index >= 15 is 0 Å². The van der Waals surface area contributed by atoms with Gasteiger partial charge in [0.15, 0.2) is 0 Å². The number of hydrogen-bond acceptors (Lipinski definition) is 2. The molecule has 19 heavy (non-hydrogen) atoms. The van der Waals surface area contributed by atoms with Crippen molar-refractivity contribution in [2.45, 2.75) is 31.7 Å². The quantitative estimate of drug-likeness (QED) is 0.841. The summed E-state index contributed by atoms with van der Waals surface area (Å²) in [5, 5.41) is 5.16. The van der Waals surface area contributed by atoms with Crippen LogP contribution in [0.2, 0.25) is 10.0 Å². The van der Waals surface area contributed by atoms with Gasteiger partial charge in [0.1, 0.15) is 4.88 Å². The molecule has 2 nitrogen and oxygen atoms in total. The van der Waals surface area contributed by atoms with Gasteiger partial charge in [0, 0.05) is 21.2 Å². The van der Waals surface area contributed by atoms with Gasteiger partial charge in [-0.2, -0.15) is 0 Å². The zero-order valence-corrected chi connectivity index (χ0v) is 12.5. The van der Waals surface area contributed by atoms with E-state index in [4.69, 9.17) is 23.2 Å². The van der Waals surface area contributed by atoms with Gasteiger partial charge in [0.25, 0.3) is 5.91 Å². The van der Waals surface area contributed by atoms with Gasteiger partial charge in [-0.25, -0.2) is 0 Å². The molecule has 2 aromatic rings. The van der Waals surface area contributed by atoms with E-state index in [9.17, 15) is 4.79 Å². The van der Waals surface area contributed by atoms with Gasteiger partial charge in [-0.05, 0) is 25.0 Å². The van der Waals surface area contributed by atoms with Crippen LogP contribution in [0.15, 0.2) is 18.2 Å². The molecule has 1 heterocycles. The van der Waals surface area contributed by atoms with Crippen molar-refractivity contribution >= 4 is 50.5 Å². The Morgan fingerprint density at radius 3 is 2.74 bits per heavy atom. The molecular weight excluding hydrogens is 301 g/mol. The number of fused-ring (bicyclic) bond motifs is 1. The number of carbonyl (C=O) groups is 1. The van der Waals surface area contributed by atoms with Gasteiger partial charge in [-0.3, -0.25) is 4.79 Å². The highest BCUT2D eigenvalue weighted by atomic mass is 35.5. The van der Waals surface area contributed by atoms with Gasteiger partial charge in [-0.15, -0.1) is 11.3 Å². The molecule has 3 rings (SSSR count). The second-order valence-corrected chi connectivity index (χ2v) is 6.71. The molecule has 0 bridgehead atoms. The van der Waals surface area contributed by atoms with Gasteiger partial charge in [0.05, 0.1) is 5.02 Å². The van der Waals surface area contributed by atoms with E-state index in [2.05, 4.69) is 5.32 Å². The normalized spacial score (nSPS) is 16.1. The highest BCUT2D eigenvalue weighted by Crippen LogP contribution is 2.36. The first kappa shape index (κ1) is 13.2. The molecule has 0 atom stereocenters. The van der Waals surface area contributed by atoms with Crippen LogP contribution in [0.4, 0.5) is 0 Å². The lowest BCUT2D eigenvalue weighted by molar-refractivity contribution is 0.0942. The first-order valence-corrected chi connectivity index (χ1v) is 7.91. The van der Waals surface area contributed by atoms with E-state index in [1.165, 1.54) is 24.2 Å². The Balaban J connectivity index is 1.91. The Kier molecular flexibility index (Phi) is 3.70. The number of halogens is 2. The third-order valence-electron chi connectivity index (χ3n) is 3.49. The van der Waals surface area contributed by atoms with Crippen molar-refractivity contribution in [3.05, 3.63) is 33.1 Å². The van der Waals surface area contributed by atoms with Crippen molar-refractivity contribution < 1.29 is 4.79 Å². The predicted molar refractivity (Wildman–Crippen MR) is 81.6 cm³/mol. The summed E-state index contributed by atoms with van der Waals surface area (Å²) in [6.45, 7) is 0. The minimum Gasteiger partial charge on any atom is -0.349 e. The number of hydrogen-bond donors (Lipinski definition) is 1. The van der Waals surface area contributed by atoms with E-state index < -0.39 is 0 Å². The van der Waals surface area contributed by atoms with Crippen LogP contribution >= 0.6 is 34.5 Å². The highest BCUT2D eigenvalue weighted by molar-refractivity contribution is 7.21. The number of thiophene rings is 1. The molecule has 0 aliphatic heterocycles. The van der Waals surface area contributed by atoms with Crippen LogP contribution < -0.4 is 5.32 Å². The Morgan fingerprint density at radius 1 is 1.26 bits per heavy atom. The van der Waals surface area contributed by atoms with Gasteiger partial charge in [-0.1, -0.05) is 42.1 Å². The first-order valence-electron chi connectivity index (χ1n) is 6.33. The highest BCUT2D eigenvalue weighted by Gasteiger charge is 2.22. The summed E-state index contributed by atoms with van der Waals surface area (Å²) in [7, 11) is 0. The number of benzene rings is 1. The third kappa shape index (κ3) is 2.60. The van der Waals surface area contributed by atoms with Crippen molar-refractivity contribution in [1.82, 2.24) is 5.32 Å². The topological polar surface area (TPSA) is 29.1 Å². The average Bonchev–Trinajstić information content (AvgIpc) is 2.97. The van der Waals surface area contributed by atoms with E-state index in [0.717, 1.165) is 22.9 Å². The molecule has 100 valence electrons. The van der Waals surface area contributed by atoms with Crippen LogP contribution in [0.3, 0.4) is 0 Å². The molecule has 5 heteroatoms. The van der Waals surface area contributed by atoms with Crippen LogP contribution in [0, 0.1) is 0 Å². The minimum atomic E-state index is -0.0609. The number of rotatable bonds is 2. The van der Waals surface area contributed by atoms with Crippen molar-refractivity contribution in [2.75, 3.05) is 0 Å². The standard InChI is InChI=1S/C14H13Cl2NOS/c15-8-5-6-10-11(7-8)19-13(12(10)16)14(18)17-9-3-1-2-4-9/h5-7,9H,1-4H2,(H,17,18). The molecule has 1 amide bonds. The van der Waals surface area contributed by atoms with Crippen LogP contribution in [-0.4, -0.2) is 11.9 Å². The summed E-state index contributed by atoms with van der Waals surface area (Å²) in [5.74, 6) is -0.0609. The second-order valence-electron chi connectivity index (χ2n) is 4.84. The largest absolute Gasteiger partial charge is 0.349 e. The summed E-state index contributed by atoms with van der Waals surface area (Å²) in [6, 6.07) is 5.81. The van der Waals surface area contributed by atoms with E-state index in [1.54, 1.807) is 6.07 Å². The fraction of sp³-hybridized carbons (Fsp3) is 0.357. The lowest BCUT2D eigenvalue weighted by Gasteiger charge is -2.10. The molecule has 1 saturated carbocycles. The van der Waals surface area contributed by atoms with Crippen LogP contribution in [0.5, 0.6) is 0 Å². The lowest BCUT2D eigenvalue weighted by Crippen LogP contribution is -2.32. The molecule has 1 aromatic heterocycles. The van der Waals surface area contributed by atoms with E-state index in [0.29, 0.717) is 21.0 Å². The summed E-state index contributed by atoms with van der Waals surface area (Å²) < 4.78 is 0.953. The number of carbonyl (C=O) groups excluding carboxylic acids is 1. The van der Waals surface area contributed by atoms with Crippen molar-refractivity contribution in [2.24, 2.45) is 0 Å². The first-order chi connectivity index (χ1) is 9.15.